The van der Waals surface area contributed by atoms with Crippen LogP contribution in [0.4, 0.5) is 22.7 Å². The van der Waals surface area contributed by atoms with E-state index in [1.165, 1.54) is 38.9 Å². The number of fused-ring (bicyclic) bond motifs is 15. The van der Waals surface area contributed by atoms with Gasteiger partial charge < -0.3 is 22.1 Å². The molecule has 0 atom stereocenters. The van der Waals surface area contributed by atoms with Crippen molar-refractivity contribution in [1.29, 1.82) is 5.26 Å². The van der Waals surface area contributed by atoms with Crippen molar-refractivity contribution in [3.63, 3.8) is 0 Å². The minimum absolute atomic E-state index is 0.251. The number of hydrogen-bond donors (Lipinski definition) is 0. The predicted octanol–water partition coefficient (Wildman–Crippen LogP) is 29.6. The Hall–Kier alpha value is -15.6. The molecule has 0 aliphatic carbocycles. The smallest absolute Gasteiger partial charge is 0.229 e. The number of aryl methyl sites for hydroxylation is 10. The molecule has 20 rings (SSSR count). The summed E-state index contributed by atoms with van der Waals surface area (Å²) in [6.07, 6.45) is 10.2. The molecule has 10 aromatic carbocycles. The number of nitrogens with zero attached hydrogens (tertiary/aromatic N) is 10. The second kappa shape index (κ2) is 36.0. The van der Waals surface area contributed by atoms with Gasteiger partial charge in [-0.3, -0.25) is 0 Å². The van der Waals surface area contributed by atoms with E-state index in [-0.39, 0.29) is 5.92 Å². The first-order valence-electron chi connectivity index (χ1n) is 44.2. The van der Waals surface area contributed by atoms with Crippen LogP contribution in [0, 0.1) is 72.2 Å². The van der Waals surface area contributed by atoms with Gasteiger partial charge in [-0.2, -0.15) is 5.26 Å². The molecule has 130 heavy (non-hydrogen) atoms. The number of benzene rings is 10. The van der Waals surface area contributed by atoms with Crippen LogP contribution in [0.1, 0.15) is 160 Å². The van der Waals surface area contributed by atoms with E-state index in [4.69, 9.17) is 48.4 Å². The van der Waals surface area contributed by atoms with Crippen molar-refractivity contribution in [2.75, 3.05) is 0 Å². The van der Waals surface area contributed by atoms with Gasteiger partial charge in [-0.15, -0.1) is 0 Å². The van der Waals surface area contributed by atoms with Gasteiger partial charge >= 0.3 is 0 Å². The summed E-state index contributed by atoms with van der Waals surface area (Å²) in [7, 11) is 10.2. The van der Waals surface area contributed by atoms with Crippen LogP contribution in [-0.2, 0) is 35.2 Å². The fourth-order valence-electron chi connectivity index (χ4n) is 18.8. The molecular weight excluding hydrogens is 1600 g/mol. The molecule has 0 bridgehead atoms. The van der Waals surface area contributed by atoms with E-state index in [1.807, 2.05) is 188 Å². The zero-order valence-electron chi connectivity index (χ0n) is 77.5. The fraction of sp³-hybridized carbons (Fsp3) is 0.217. The summed E-state index contributed by atoms with van der Waals surface area (Å²) in [5.41, 5.74) is 34.0. The molecule has 0 fully saturated rings. The molecule has 0 N–H and O–H groups in total. The number of pyridine rings is 5. The first-order chi connectivity index (χ1) is 62.6. The maximum Gasteiger partial charge on any atom is 0.229 e. The minimum atomic E-state index is 0.251. The highest BCUT2D eigenvalue weighted by atomic mass is 16.3. The molecule has 15 heteroatoms. The van der Waals surface area contributed by atoms with Crippen molar-refractivity contribution in [1.82, 2.24) is 0 Å². The van der Waals surface area contributed by atoms with E-state index in [2.05, 4.69) is 242 Å². The van der Waals surface area contributed by atoms with Crippen molar-refractivity contribution >= 4 is 132 Å². The van der Waals surface area contributed by atoms with E-state index < -0.39 is 0 Å². The third kappa shape index (κ3) is 15.8. The van der Waals surface area contributed by atoms with Gasteiger partial charge in [0.1, 0.15) is 85.5 Å². The maximum absolute atomic E-state index is 9.79. The molecule has 0 spiro atoms. The lowest BCUT2D eigenvalue weighted by Crippen LogP contribution is -2.30. The second-order valence-electron chi connectivity index (χ2n) is 35.5. The Balaban J connectivity index is 0.000000119. The van der Waals surface area contributed by atoms with Crippen LogP contribution in [0.3, 0.4) is 0 Å². The Morgan fingerprint density at radius 2 is 0.685 bits per heavy atom. The maximum atomic E-state index is 9.79. The number of rotatable bonds is 10. The summed E-state index contributed by atoms with van der Waals surface area (Å²) in [5, 5.41) is 20.5. The summed E-state index contributed by atoms with van der Waals surface area (Å²) in [4.78, 5) is 14.7. The van der Waals surface area contributed by atoms with Gasteiger partial charge in [-0.25, -0.2) is 42.2 Å². The van der Waals surface area contributed by atoms with Crippen molar-refractivity contribution in [2.45, 2.75) is 133 Å². The number of nitriles is 1. The normalized spacial score (nSPS) is 11.4. The molecule has 10 aromatic heterocycles. The Bertz CT molecular complexity index is 8100. The molecule has 0 radical (unpaired) electrons. The second-order valence-corrected chi connectivity index (χ2v) is 35.5. The lowest BCUT2D eigenvalue weighted by Gasteiger charge is -2.10. The van der Waals surface area contributed by atoms with E-state index in [9.17, 15) is 5.26 Å². The standard InChI is InChI=1S/5C23H21N2O/c1-14(2)16-11-12-18(24-4)23-21(16)17-10-9-15(3)20(22(17)26-23)19-8-6-7-13-25(19)5;1-14(2)20-17(24-4)11-12-19-22(20)16-10-9-15(3)21(23(16)26-19)18-8-6-7-13-25(18)5;1-14(2)16-9-10-19(24-4)23-22(16)18-12-15(3)17(13-21(18)26-23)20-8-6-7-11-25(20)5;1-14(2)18-12-16(24-4)13-20-22(18)17-10-9-15(3)21(23(17)26-20)19-8-6-7-11-25(19)5;1-14(2)17-8-7-10-19-22(17)21-16(13-24)12-15(3)20(23(21)26-19)18-9-5-6-11-25(18)4/h4*6-14H,1-3,5H3;5-12,14H,1-4H3/q5*+1. The summed E-state index contributed by atoms with van der Waals surface area (Å²) in [5.74, 6) is 1.64. The third-order valence-corrected chi connectivity index (χ3v) is 25.2. The summed E-state index contributed by atoms with van der Waals surface area (Å²) < 4.78 is 42.1. The van der Waals surface area contributed by atoms with E-state index >= 15 is 0 Å². The molecule has 0 amide bonds. The molecule has 10 heterocycles. The van der Waals surface area contributed by atoms with Crippen molar-refractivity contribution in [2.24, 2.45) is 35.2 Å². The van der Waals surface area contributed by atoms with Crippen LogP contribution in [0.15, 0.2) is 265 Å². The highest BCUT2D eigenvalue weighted by Gasteiger charge is 2.31. The number of hydrogen-bond acceptors (Lipinski definition) is 6. The topological polar surface area (TPSA) is 126 Å². The zero-order chi connectivity index (χ0) is 92.1. The Morgan fingerprint density at radius 1 is 0.285 bits per heavy atom. The van der Waals surface area contributed by atoms with Crippen molar-refractivity contribution in [3.8, 4) is 62.4 Å². The van der Waals surface area contributed by atoms with Crippen LogP contribution < -0.4 is 22.8 Å². The molecule has 0 aliphatic rings. The van der Waals surface area contributed by atoms with E-state index in [0.717, 1.165) is 172 Å². The largest absolute Gasteiger partial charge is 0.467 e. The average Bonchev–Trinajstić information content (AvgIpc) is 1.94. The molecule has 20 aromatic rings. The molecule has 0 unspecified atom stereocenters. The first-order valence-corrected chi connectivity index (χ1v) is 44.2. The van der Waals surface area contributed by atoms with Gasteiger partial charge in [0.15, 0.2) is 47.9 Å². The van der Waals surface area contributed by atoms with Crippen molar-refractivity contribution < 1.29 is 44.9 Å². The molecular formula is C115H105N10O5+5. The monoisotopic (exact) mass is 1710 g/mol. The van der Waals surface area contributed by atoms with Crippen LogP contribution in [0.25, 0.3) is 185 Å². The van der Waals surface area contributed by atoms with Crippen LogP contribution in [0.5, 0.6) is 0 Å². The van der Waals surface area contributed by atoms with Gasteiger partial charge in [0, 0.05) is 115 Å². The van der Waals surface area contributed by atoms with Crippen LogP contribution >= 0.6 is 0 Å². The molecule has 0 saturated heterocycles. The highest BCUT2D eigenvalue weighted by Crippen LogP contribution is 2.49. The lowest BCUT2D eigenvalue weighted by atomic mass is 9.92. The molecule has 640 valence electrons. The van der Waals surface area contributed by atoms with E-state index in [1.54, 1.807) is 0 Å². The Labute approximate surface area is 759 Å². The van der Waals surface area contributed by atoms with E-state index in [0.29, 0.717) is 63.2 Å². The summed E-state index contributed by atoms with van der Waals surface area (Å²) in [6, 6.07) is 74.1. The van der Waals surface area contributed by atoms with Crippen LogP contribution in [0.2, 0.25) is 0 Å². The number of furan rings is 5. The van der Waals surface area contributed by atoms with Gasteiger partial charge in [-0.1, -0.05) is 154 Å². The summed E-state index contributed by atoms with van der Waals surface area (Å²) >= 11 is 0. The molecule has 0 aliphatic heterocycles. The SMILES string of the molecule is Cc1cc(C#N)c2c(oc3cccc(C(C)C)c32)c1-c1cccc[n+]1C.[C-]#[N+]c1cc(C(C)C)c2c(c1)oc1c(-c3cccc[n+]3C)c(C)ccc12.[C-]#[N+]c1ccc(C(C)C)c2c1oc1c(-c3cccc[n+]3C)c(C)ccc12.[C-]#[N+]c1ccc(C(C)C)c2c1oc1cc(-c3cccc[n+]3C)c(C)cc12.[C-]#[N+]c1ccc2oc3c(-c4cccc[n+]4C)c(C)ccc3c2c1C(C)C. The summed E-state index contributed by atoms with van der Waals surface area (Å²) in [6.45, 7) is 62.1. The van der Waals surface area contributed by atoms with Crippen molar-refractivity contribution in [3.05, 3.63) is 350 Å². The molecule has 15 nitrogen and oxygen atoms in total. The quantitative estimate of drug-likeness (QED) is 0.0991. The molecule has 0 saturated carbocycles. The average molecular weight is 1710 g/mol. The first kappa shape index (κ1) is 87.9. The van der Waals surface area contributed by atoms with Gasteiger partial charge in [0.2, 0.25) is 39.8 Å². The Morgan fingerprint density at radius 3 is 1.14 bits per heavy atom. The minimum Gasteiger partial charge on any atom is -0.467 e. The van der Waals surface area contributed by atoms with Gasteiger partial charge in [0.05, 0.1) is 65.7 Å². The fourth-order valence-corrected chi connectivity index (χ4v) is 18.8. The van der Waals surface area contributed by atoms with Crippen LogP contribution in [-0.4, -0.2) is 0 Å². The zero-order valence-corrected chi connectivity index (χ0v) is 77.5. The van der Waals surface area contributed by atoms with Gasteiger partial charge in [-0.05, 0) is 187 Å². The van der Waals surface area contributed by atoms with Gasteiger partial charge in [0.25, 0.3) is 0 Å². The highest BCUT2D eigenvalue weighted by molar-refractivity contribution is 6.18. The third-order valence-electron chi connectivity index (χ3n) is 25.2. The lowest BCUT2D eigenvalue weighted by molar-refractivity contribution is -0.660. The predicted molar refractivity (Wildman–Crippen MR) is 526 cm³/mol. The Kier molecular flexibility index (Phi) is 24.4. The number of aromatic nitrogens is 5.